The van der Waals surface area contributed by atoms with Crippen LogP contribution in [0.1, 0.15) is 29.7 Å². The molecule has 112 valence electrons. The molecular formula is C16H20N2O2S. The van der Waals surface area contributed by atoms with Gasteiger partial charge in [-0.2, -0.15) is 0 Å². The topological polar surface area (TPSA) is 72.2 Å². The molecule has 0 aliphatic rings. The Morgan fingerprint density at radius 1 is 1.14 bits per heavy atom. The van der Waals surface area contributed by atoms with Gasteiger partial charge in [-0.25, -0.2) is 13.1 Å². The second-order valence-electron chi connectivity index (χ2n) is 5.11. The summed E-state index contributed by atoms with van der Waals surface area (Å²) in [6, 6.07) is 14.2. The normalized spacial score (nSPS) is 13.1. The molecule has 3 N–H and O–H groups in total. The van der Waals surface area contributed by atoms with Crippen LogP contribution in [0.3, 0.4) is 0 Å². The van der Waals surface area contributed by atoms with Crippen molar-refractivity contribution in [3.63, 3.8) is 0 Å². The zero-order chi connectivity index (χ0) is 15.5. The number of nitrogens with one attached hydrogen (secondary N) is 1. The lowest BCUT2D eigenvalue weighted by Crippen LogP contribution is -2.27. The highest BCUT2D eigenvalue weighted by molar-refractivity contribution is 7.89. The lowest BCUT2D eigenvalue weighted by Gasteiger charge is -2.15. The number of sulfonamides is 1. The fourth-order valence-electron chi connectivity index (χ4n) is 2.09. The third-order valence-electron chi connectivity index (χ3n) is 3.35. The van der Waals surface area contributed by atoms with Crippen molar-refractivity contribution in [3.05, 3.63) is 65.2 Å². The number of rotatable bonds is 5. The molecular weight excluding hydrogens is 284 g/mol. The summed E-state index contributed by atoms with van der Waals surface area (Å²) in [5.74, 6) is 0. The Bertz CT molecular complexity index is 709. The van der Waals surface area contributed by atoms with Gasteiger partial charge in [0.05, 0.1) is 4.90 Å². The van der Waals surface area contributed by atoms with Crippen LogP contribution in [0.25, 0.3) is 0 Å². The fourth-order valence-corrected chi connectivity index (χ4v) is 3.43. The largest absolute Gasteiger partial charge is 0.326 e. The number of hydrogen-bond donors (Lipinski definition) is 2. The first kappa shape index (κ1) is 15.7. The molecule has 0 saturated carbocycles. The van der Waals surface area contributed by atoms with Gasteiger partial charge in [0.15, 0.2) is 0 Å². The summed E-state index contributed by atoms with van der Waals surface area (Å²) in [6.07, 6.45) is 0. The van der Waals surface area contributed by atoms with Crippen molar-refractivity contribution in [3.8, 4) is 0 Å². The molecule has 2 rings (SSSR count). The van der Waals surface area contributed by atoms with Gasteiger partial charge in [0.1, 0.15) is 0 Å². The summed E-state index contributed by atoms with van der Waals surface area (Å²) in [7, 11) is -3.52. The molecule has 0 bridgehead atoms. The average Bonchev–Trinajstić information content (AvgIpc) is 2.47. The quantitative estimate of drug-likeness (QED) is 0.891. The number of benzene rings is 2. The second-order valence-corrected chi connectivity index (χ2v) is 6.82. The van der Waals surface area contributed by atoms with Gasteiger partial charge in [0, 0.05) is 12.6 Å². The number of aryl methyl sites for hydroxylation is 1. The molecule has 0 aliphatic carbocycles. The Morgan fingerprint density at radius 3 is 2.38 bits per heavy atom. The summed E-state index contributed by atoms with van der Waals surface area (Å²) in [6.45, 7) is 4.17. The van der Waals surface area contributed by atoms with Crippen molar-refractivity contribution >= 4 is 10.0 Å². The van der Waals surface area contributed by atoms with Crippen LogP contribution < -0.4 is 10.5 Å². The highest BCUT2D eigenvalue weighted by atomic mass is 32.2. The predicted octanol–water partition coefficient (Wildman–Crippen LogP) is 2.49. The van der Waals surface area contributed by atoms with Crippen molar-refractivity contribution in [1.29, 1.82) is 0 Å². The third kappa shape index (κ3) is 3.91. The Balaban J connectivity index is 2.19. The van der Waals surface area contributed by atoms with Crippen LogP contribution in [0.4, 0.5) is 0 Å². The summed E-state index contributed by atoms with van der Waals surface area (Å²) in [5, 5.41) is 0. The zero-order valence-electron chi connectivity index (χ0n) is 12.2. The predicted molar refractivity (Wildman–Crippen MR) is 84.2 cm³/mol. The second kappa shape index (κ2) is 6.39. The standard InChI is InChI=1S/C16H20N2O2S/c1-12-4-3-5-16(10-12)21(19,20)18-13(2)15-8-6-14(11-17)7-9-15/h3-10,13,18H,11,17H2,1-2H3. The maximum Gasteiger partial charge on any atom is 0.241 e. The van der Waals surface area contributed by atoms with Crippen LogP contribution in [0.2, 0.25) is 0 Å². The van der Waals surface area contributed by atoms with Gasteiger partial charge in [-0.05, 0) is 42.7 Å². The van der Waals surface area contributed by atoms with E-state index in [1.807, 2.05) is 44.2 Å². The van der Waals surface area contributed by atoms with E-state index in [2.05, 4.69) is 4.72 Å². The van der Waals surface area contributed by atoms with Crippen LogP contribution in [0.5, 0.6) is 0 Å². The molecule has 5 heteroatoms. The van der Waals surface area contributed by atoms with Crippen molar-refractivity contribution in [1.82, 2.24) is 4.72 Å². The molecule has 0 aromatic heterocycles. The fraction of sp³-hybridized carbons (Fsp3) is 0.250. The van der Waals surface area contributed by atoms with E-state index in [1.54, 1.807) is 18.2 Å². The minimum absolute atomic E-state index is 0.285. The monoisotopic (exact) mass is 304 g/mol. The maximum absolute atomic E-state index is 12.4. The van der Waals surface area contributed by atoms with E-state index < -0.39 is 10.0 Å². The molecule has 0 aliphatic heterocycles. The molecule has 21 heavy (non-hydrogen) atoms. The van der Waals surface area contributed by atoms with E-state index in [1.165, 1.54) is 0 Å². The molecule has 1 unspecified atom stereocenters. The number of nitrogens with two attached hydrogens (primary N) is 1. The van der Waals surface area contributed by atoms with Gasteiger partial charge in [-0.15, -0.1) is 0 Å². The van der Waals surface area contributed by atoms with Crippen molar-refractivity contribution < 1.29 is 8.42 Å². The SMILES string of the molecule is Cc1cccc(S(=O)(=O)NC(C)c2ccc(CN)cc2)c1. The summed E-state index contributed by atoms with van der Waals surface area (Å²) >= 11 is 0. The van der Waals surface area contributed by atoms with Gasteiger partial charge in [-0.1, -0.05) is 36.4 Å². The van der Waals surface area contributed by atoms with Crippen LogP contribution in [-0.2, 0) is 16.6 Å². The number of hydrogen-bond acceptors (Lipinski definition) is 3. The minimum atomic E-state index is -3.52. The molecule has 0 amide bonds. The molecule has 0 spiro atoms. The average molecular weight is 304 g/mol. The van der Waals surface area contributed by atoms with Gasteiger partial charge in [-0.3, -0.25) is 0 Å². The Morgan fingerprint density at radius 2 is 1.81 bits per heavy atom. The third-order valence-corrected chi connectivity index (χ3v) is 4.89. The Labute approximate surface area is 126 Å². The molecule has 0 saturated heterocycles. The molecule has 2 aromatic rings. The first-order chi connectivity index (χ1) is 9.92. The molecule has 1 atom stereocenters. The van der Waals surface area contributed by atoms with Gasteiger partial charge < -0.3 is 5.73 Å². The van der Waals surface area contributed by atoms with Crippen LogP contribution >= 0.6 is 0 Å². The first-order valence-electron chi connectivity index (χ1n) is 6.80. The molecule has 0 heterocycles. The van der Waals surface area contributed by atoms with Crippen LogP contribution in [0, 0.1) is 6.92 Å². The van der Waals surface area contributed by atoms with E-state index in [9.17, 15) is 8.42 Å². The first-order valence-corrected chi connectivity index (χ1v) is 8.28. The van der Waals surface area contributed by atoms with E-state index in [0.717, 1.165) is 16.7 Å². The lowest BCUT2D eigenvalue weighted by molar-refractivity contribution is 0.567. The minimum Gasteiger partial charge on any atom is -0.326 e. The Kier molecular flexibility index (Phi) is 4.77. The molecule has 2 aromatic carbocycles. The van der Waals surface area contributed by atoms with Crippen LogP contribution in [-0.4, -0.2) is 8.42 Å². The highest BCUT2D eigenvalue weighted by Crippen LogP contribution is 2.18. The van der Waals surface area contributed by atoms with Gasteiger partial charge in [0.2, 0.25) is 10.0 Å². The highest BCUT2D eigenvalue weighted by Gasteiger charge is 2.18. The van der Waals surface area contributed by atoms with Gasteiger partial charge in [0.25, 0.3) is 0 Å². The molecule has 4 nitrogen and oxygen atoms in total. The lowest BCUT2D eigenvalue weighted by atomic mass is 10.1. The van der Waals surface area contributed by atoms with Crippen molar-refractivity contribution in [2.75, 3.05) is 0 Å². The van der Waals surface area contributed by atoms with Gasteiger partial charge >= 0.3 is 0 Å². The van der Waals surface area contributed by atoms with E-state index in [0.29, 0.717) is 6.54 Å². The molecule has 0 radical (unpaired) electrons. The van der Waals surface area contributed by atoms with Crippen LogP contribution in [0.15, 0.2) is 53.4 Å². The van der Waals surface area contributed by atoms with Crippen molar-refractivity contribution in [2.45, 2.75) is 31.3 Å². The Hall–Kier alpha value is -1.69. The summed E-state index contributed by atoms with van der Waals surface area (Å²) in [5.41, 5.74) is 8.40. The van der Waals surface area contributed by atoms with E-state index >= 15 is 0 Å². The summed E-state index contributed by atoms with van der Waals surface area (Å²) < 4.78 is 27.4. The molecule has 0 fully saturated rings. The maximum atomic E-state index is 12.4. The zero-order valence-corrected chi connectivity index (χ0v) is 13.0. The van der Waals surface area contributed by atoms with E-state index in [4.69, 9.17) is 5.73 Å². The smallest absolute Gasteiger partial charge is 0.241 e. The van der Waals surface area contributed by atoms with E-state index in [-0.39, 0.29) is 10.9 Å². The summed E-state index contributed by atoms with van der Waals surface area (Å²) in [4.78, 5) is 0.285. The van der Waals surface area contributed by atoms with Crippen molar-refractivity contribution in [2.24, 2.45) is 5.73 Å².